The first-order valence-corrected chi connectivity index (χ1v) is 11.9. The molecule has 0 spiro atoms. The molecule has 0 aliphatic rings. The lowest BCUT2D eigenvalue weighted by molar-refractivity contribution is 0.102. The molecule has 2 aromatic heterocycles. The molecule has 0 aliphatic heterocycles. The van der Waals surface area contributed by atoms with Gasteiger partial charge in [0, 0.05) is 17.9 Å². The van der Waals surface area contributed by atoms with Crippen LogP contribution < -0.4 is 5.32 Å². The van der Waals surface area contributed by atoms with Gasteiger partial charge < -0.3 is 5.32 Å². The summed E-state index contributed by atoms with van der Waals surface area (Å²) in [5.41, 5.74) is 4.34. The number of benzene rings is 2. The van der Waals surface area contributed by atoms with Crippen LogP contribution >= 0.6 is 11.3 Å². The Bertz CT molecular complexity index is 1340. The number of hydrogen-bond acceptors (Lipinski definition) is 6. The molecule has 2 aromatic carbocycles. The molecule has 1 amide bonds. The Morgan fingerprint density at radius 2 is 1.70 bits per heavy atom. The van der Waals surface area contributed by atoms with Crippen LogP contribution in [-0.2, 0) is 9.84 Å². The van der Waals surface area contributed by atoms with Crippen LogP contribution in [-0.4, -0.2) is 35.3 Å². The van der Waals surface area contributed by atoms with Crippen LogP contribution in [0.4, 0.5) is 5.82 Å². The first-order chi connectivity index (χ1) is 14.1. The fourth-order valence-electron chi connectivity index (χ4n) is 3.03. The van der Waals surface area contributed by atoms with Crippen LogP contribution in [0, 0.1) is 20.8 Å². The molecule has 30 heavy (non-hydrogen) atoms. The number of aryl methyl sites for hydroxylation is 3. The summed E-state index contributed by atoms with van der Waals surface area (Å²) < 4.78 is 25.9. The highest BCUT2D eigenvalue weighted by atomic mass is 32.2. The molecular formula is C21H20N4O3S2. The minimum atomic E-state index is -3.32. The standard InChI is InChI=1S/C21H20N4O3S2/c1-12-9-17-18(10-13(12)2)29-21(22-17)25-19(11-14(3)24-25)23-20(26)15-5-7-16(8-6-15)30(4,27)28/h5-11H,1-4H3,(H,23,26). The van der Waals surface area contributed by atoms with Gasteiger partial charge in [-0.15, -0.1) is 0 Å². The lowest BCUT2D eigenvalue weighted by Gasteiger charge is -2.07. The predicted octanol–water partition coefficient (Wildman–Crippen LogP) is 4.06. The second-order valence-electron chi connectivity index (χ2n) is 7.23. The number of amides is 1. The summed E-state index contributed by atoms with van der Waals surface area (Å²) in [5, 5.41) is 7.99. The van der Waals surface area contributed by atoms with E-state index < -0.39 is 9.84 Å². The van der Waals surface area contributed by atoms with Crippen LogP contribution in [0.5, 0.6) is 0 Å². The molecule has 0 atom stereocenters. The monoisotopic (exact) mass is 440 g/mol. The van der Waals surface area contributed by atoms with E-state index in [0.29, 0.717) is 16.5 Å². The van der Waals surface area contributed by atoms with Gasteiger partial charge in [-0.25, -0.2) is 13.4 Å². The molecule has 7 nitrogen and oxygen atoms in total. The maximum Gasteiger partial charge on any atom is 0.256 e. The summed E-state index contributed by atoms with van der Waals surface area (Å²) in [6.45, 7) is 5.95. The Morgan fingerprint density at radius 1 is 1.03 bits per heavy atom. The summed E-state index contributed by atoms with van der Waals surface area (Å²) in [6, 6.07) is 11.7. The molecule has 2 heterocycles. The number of nitrogens with zero attached hydrogens (tertiary/aromatic N) is 3. The molecule has 4 aromatic rings. The maximum atomic E-state index is 12.7. The van der Waals surface area contributed by atoms with Crippen LogP contribution in [0.15, 0.2) is 47.4 Å². The maximum absolute atomic E-state index is 12.7. The zero-order chi connectivity index (χ0) is 21.6. The van der Waals surface area contributed by atoms with Crippen molar-refractivity contribution in [1.29, 1.82) is 0 Å². The number of carbonyl (C=O) groups excluding carboxylic acids is 1. The van der Waals surface area contributed by atoms with Crippen molar-refractivity contribution in [3.8, 4) is 5.13 Å². The average Bonchev–Trinajstić information content (AvgIpc) is 3.24. The van der Waals surface area contributed by atoms with Crippen molar-refractivity contribution < 1.29 is 13.2 Å². The van der Waals surface area contributed by atoms with Crippen molar-refractivity contribution in [3.05, 3.63) is 64.8 Å². The van der Waals surface area contributed by atoms with Gasteiger partial charge in [-0.05, 0) is 68.3 Å². The molecule has 0 radical (unpaired) electrons. The molecule has 0 unspecified atom stereocenters. The van der Waals surface area contributed by atoms with Crippen molar-refractivity contribution in [3.63, 3.8) is 0 Å². The number of anilines is 1. The minimum Gasteiger partial charge on any atom is -0.306 e. The molecule has 9 heteroatoms. The van der Waals surface area contributed by atoms with E-state index in [2.05, 4.69) is 28.4 Å². The Kier molecular flexibility index (Phi) is 4.95. The summed E-state index contributed by atoms with van der Waals surface area (Å²) >= 11 is 1.50. The quantitative estimate of drug-likeness (QED) is 0.516. The van der Waals surface area contributed by atoms with Gasteiger partial charge in [-0.2, -0.15) is 9.78 Å². The lowest BCUT2D eigenvalue weighted by Crippen LogP contribution is -2.15. The van der Waals surface area contributed by atoms with E-state index in [1.807, 2.05) is 19.9 Å². The van der Waals surface area contributed by atoms with Gasteiger partial charge in [-0.3, -0.25) is 4.79 Å². The summed E-state index contributed by atoms with van der Waals surface area (Å²) in [4.78, 5) is 17.6. The van der Waals surface area contributed by atoms with Crippen molar-refractivity contribution in [2.75, 3.05) is 11.6 Å². The third-order valence-corrected chi connectivity index (χ3v) is 6.91. The average molecular weight is 441 g/mol. The molecule has 154 valence electrons. The number of nitrogens with one attached hydrogen (secondary N) is 1. The van der Waals surface area contributed by atoms with E-state index in [1.165, 1.54) is 46.7 Å². The van der Waals surface area contributed by atoms with Crippen LogP contribution in [0.2, 0.25) is 0 Å². The topological polar surface area (TPSA) is 94.0 Å². The first kappa shape index (κ1) is 20.2. The van der Waals surface area contributed by atoms with Crippen LogP contribution in [0.25, 0.3) is 15.3 Å². The second-order valence-corrected chi connectivity index (χ2v) is 10.3. The second kappa shape index (κ2) is 7.33. The number of rotatable bonds is 4. The van der Waals surface area contributed by atoms with E-state index in [4.69, 9.17) is 0 Å². The molecule has 0 aliphatic carbocycles. The van der Waals surface area contributed by atoms with Gasteiger partial charge in [0.25, 0.3) is 5.91 Å². The highest BCUT2D eigenvalue weighted by Gasteiger charge is 2.16. The molecule has 1 N–H and O–H groups in total. The lowest BCUT2D eigenvalue weighted by atomic mass is 10.1. The zero-order valence-corrected chi connectivity index (χ0v) is 18.6. The SMILES string of the molecule is Cc1cc(NC(=O)c2ccc(S(C)(=O)=O)cc2)n(-c2nc3cc(C)c(C)cc3s2)n1. The Labute approximate surface area is 178 Å². The van der Waals surface area contributed by atoms with Gasteiger partial charge in [-0.1, -0.05) is 11.3 Å². The normalized spacial score (nSPS) is 11.7. The first-order valence-electron chi connectivity index (χ1n) is 9.18. The Morgan fingerprint density at radius 3 is 2.37 bits per heavy atom. The minimum absolute atomic E-state index is 0.167. The summed E-state index contributed by atoms with van der Waals surface area (Å²) in [5.74, 6) is 0.140. The number of fused-ring (bicyclic) bond motifs is 1. The van der Waals surface area contributed by atoms with E-state index in [1.54, 1.807) is 10.7 Å². The fourth-order valence-corrected chi connectivity index (χ4v) is 4.68. The highest BCUT2D eigenvalue weighted by Crippen LogP contribution is 2.29. The largest absolute Gasteiger partial charge is 0.306 e. The molecule has 0 saturated heterocycles. The van der Waals surface area contributed by atoms with Crippen molar-refractivity contribution in [2.45, 2.75) is 25.7 Å². The molecule has 0 bridgehead atoms. The van der Waals surface area contributed by atoms with Crippen molar-refractivity contribution in [2.24, 2.45) is 0 Å². The number of aromatic nitrogens is 3. The Balaban J connectivity index is 1.66. The van der Waals surface area contributed by atoms with Gasteiger partial charge in [0.2, 0.25) is 5.13 Å². The van der Waals surface area contributed by atoms with Gasteiger partial charge in [0.1, 0.15) is 5.82 Å². The third-order valence-electron chi connectivity index (χ3n) is 4.79. The third kappa shape index (κ3) is 3.86. The van der Waals surface area contributed by atoms with Gasteiger partial charge >= 0.3 is 0 Å². The number of thiazole rings is 1. The Hall–Kier alpha value is -3.04. The van der Waals surface area contributed by atoms with Gasteiger partial charge in [0.05, 0.1) is 20.8 Å². The molecule has 0 saturated carbocycles. The number of carbonyl (C=O) groups is 1. The predicted molar refractivity (Wildman–Crippen MR) is 118 cm³/mol. The van der Waals surface area contributed by atoms with E-state index in [0.717, 1.165) is 22.2 Å². The summed E-state index contributed by atoms with van der Waals surface area (Å²) in [7, 11) is -3.32. The van der Waals surface area contributed by atoms with Crippen LogP contribution in [0.3, 0.4) is 0 Å². The smallest absolute Gasteiger partial charge is 0.256 e. The van der Waals surface area contributed by atoms with Crippen molar-refractivity contribution in [1.82, 2.24) is 14.8 Å². The highest BCUT2D eigenvalue weighted by molar-refractivity contribution is 7.90. The molecule has 4 rings (SSSR count). The van der Waals surface area contributed by atoms with E-state index in [9.17, 15) is 13.2 Å². The van der Waals surface area contributed by atoms with Crippen LogP contribution in [0.1, 0.15) is 27.2 Å². The fraction of sp³-hybridized carbons (Fsp3) is 0.190. The number of sulfone groups is 1. The van der Waals surface area contributed by atoms with Gasteiger partial charge in [0.15, 0.2) is 9.84 Å². The number of hydrogen-bond donors (Lipinski definition) is 1. The molecule has 0 fully saturated rings. The molecular weight excluding hydrogens is 420 g/mol. The van der Waals surface area contributed by atoms with E-state index >= 15 is 0 Å². The van der Waals surface area contributed by atoms with Crippen molar-refractivity contribution >= 4 is 43.1 Å². The summed E-state index contributed by atoms with van der Waals surface area (Å²) in [6.07, 6.45) is 1.13. The van der Waals surface area contributed by atoms with E-state index in [-0.39, 0.29) is 10.8 Å². The zero-order valence-electron chi connectivity index (χ0n) is 16.9.